The lowest BCUT2D eigenvalue weighted by atomic mass is 10.1. The topological polar surface area (TPSA) is 48.9 Å². The van der Waals surface area contributed by atoms with Crippen LogP contribution in [0.25, 0.3) is 0 Å². The van der Waals surface area contributed by atoms with Crippen LogP contribution in [0.1, 0.15) is 19.3 Å². The van der Waals surface area contributed by atoms with Crippen molar-refractivity contribution in [2.24, 2.45) is 0 Å². The number of hydrogen-bond donors (Lipinski definition) is 0. The third kappa shape index (κ3) is 5.27. The highest BCUT2D eigenvalue weighted by Gasteiger charge is 2.25. The molecule has 1 aromatic carbocycles. The van der Waals surface area contributed by atoms with Gasteiger partial charge in [-0.25, -0.2) is 9.37 Å². The molecule has 0 N–H and O–H groups in total. The van der Waals surface area contributed by atoms with Gasteiger partial charge in [-0.1, -0.05) is 18.2 Å². The fourth-order valence-corrected chi connectivity index (χ4v) is 4.10. The van der Waals surface area contributed by atoms with Crippen LogP contribution in [-0.2, 0) is 4.79 Å². The van der Waals surface area contributed by atoms with Crippen LogP contribution in [0.2, 0.25) is 0 Å². The second kappa shape index (κ2) is 9.89. The summed E-state index contributed by atoms with van der Waals surface area (Å²) in [4.78, 5) is 23.6. The van der Waals surface area contributed by atoms with Crippen LogP contribution in [0.4, 0.5) is 10.2 Å². The van der Waals surface area contributed by atoms with Crippen molar-refractivity contribution in [1.29, 1.82) is 0 Å². The number of likely N-dealkylation sites (tertiary alicyclic amines) is 1. The van der Waals surface area contributed by atoms with E-state index < -0.39 is 0 Å². The average molecular weight is 413 g/mol. The van der Waals surface area contributed by atoms with E-state index >= 15 is 0 Å². The minimum absolute atomic E-state index is 0.0365. The summed E-state index contributed by atoms with van der Waals surface area (Å²) in [6, 6.07) is 12.5. The first-order valence-electron chi connectivity index (χ1n) is 10.8. The summed E-state index contributed by atoms with van der Waals surface area (Å²) in [7, 11) is 0. The first-order valence-corrected chi connectivity index (χ1v) is 10.8. The zero-order valence-corrected chi connectivity index (χ0v) is 17.3. The van der Waals surface area contributed by atoms with Crippen molar-refractivity contribution in [2.75, 3.05) is 50.7 Å². The third-order valence-electron chi connectivity index (χ3n) is 5.91. The Bertz CT molecular complexity index is 819. The van der Waals surface area contributed by atoms with Gasteiger partial charge in [0.15, 0.2) is 11.6 Å². The summed E-state index contributed by atoms with van der Waals surface area (Å²) in [5, 5.41) is 0. The molecule has 2 aliphatic heterocycles. The number of nitrogens with zero attached hydrogens (tertiary/aromatic N) is 4. The molecule has 4 rings (SSSR count). The molecule has 0 bridgehead atoms. The third-order valence-corrected chi connectivity index (χ3v) is 5.91. The predicted molar refractivity (Wildman–Crippen MR) is 114 cm³/mol. The molecule has 0 saturated carbocycles. The molecule has 1 aromatic heterocycles. The number of piperidine rings is 1. The molecule has 3 heterocycles. The minimum Gasteiger partial charge on any atom is -0.487 e. The highest BCUT2D eigenvalue weighted by Crippen LogP contribution is 2.22. The van der Waals surface area contributed by atoms with E-state index in [4.69, 9.17) is 4.74 Å². The number of carbonyl (C=O) groups excluding carboxylic acids is 1. The fraction of sp³-hybridized carbons (Fsp3) is 0.478. The molecule has 2 aromatic rings. The Hall–Kier alpha value is -2.67. The van der Waals surface area contributed by atoms with E-state index in [2.05, 4.69) is 14.8 Å². The molecular formula is C23H29FN4O2. The molecule has 6 nitrogen and oxygen atoms in total. The maximum Gasteiger partial charge on any atom is 0.223 e. The molecule has 0 spiro atoms. The van der Waals surface area contributed by atoms with Gasteiger partial charge in [0.1, 0.15) is 11.9 Å². The molecular weight excluding hydrogens is 383 g/mol. The standard InChI is InChI=1S/C23H29FN4O2/c24-20-5-1-2-6-21(20)30-19-8-13-28(14-9-19)23(29)10-12-26-15-17-27(18-16-26)22-7-3-4-11-25-22/h1-7,11,19H,8-10,12-18H2. The van der Waals surface area contributed by atoms with Gasteiger partial charge in [-0.2, -0.15) is 0 Å². The molecule has 2 aliphatic rings. The number of benzene rings is 1. The van der Waals surface area contributed by atoms with Crippen molar-refractivity contribution in [1.82, 2.24) is 14.8 Å². The maximum absolute atomic E-state index is 13.7. The number of ether oxygens (including phenoxy) is 1. The van der Waals surface area contributed by atoms with Crippen molar-refractivity contribution >= 4 is 11.7 Å². The lowest BCUT2D eigenvalue weighted by Crippen LogP contribution is -2.48. The van der Waals surface area contributed by atoms with Gasteiger partial charge in [-0.3, -0.25) is 9.69 Å². The summed E-state index contributed by atoms with van der Waals surface area (Å²) in [6.07, 6.45) is 3.81. The number of amides is 1. The second-order valence-electron chi connectivity index (χ2n) is 7.90. The largest absolute Gasteiger partial charge is 0.487 e. The smallest absolute Gasteiger partial charge is 0.223 e. The number of anilines is 1. The van der Waals surface area contributed by atoms with Crippen LogP contribution in [0.3, 0.4) is 0 Å². The minimum atomic E-state index is -0.334. The number of piperazine rings is 1. The van der Waals surface area contributed by atoms with Crippen LogP contribution in [-0.4, -0.2) is 72.6 Å². The average Bonchev–Trinajstić information content (AvgIpc) is 2.80. The molecule has 0 unspecified atom stereocenters. The first kappa shape index (κ1) is 20.6. The number of rotatable bonds is 6. The van der Waals surface area contributed by atoms with E-state index in [-0.39, 0.29) is 17.8 Å². The van der Waals surface area contributed by atoms with E-state index in [1.807, 2.05) is 29.3 Å². The van der Waals surface area contributed by atoms with Crippen LogP contribution in [0, 0.1) is 5.82 Å². The van der Waals surface area contributed by atoms with Crippen molar-refractivity contribution in [3.63, 3.8) is 0 Å². The highest BCUT2D eigenvalue weighted by atomic mass is 19.1. The van der Waals surface area contributed by atoms with E-state index in [0.29, 0.717) is 25.3 Å². The van der Waals surface area contributed by atoms with Crippen molar-refractivity contribution in [2.45, 2.75) is 25.4 Å². The Morgan fingerprint density at radius 3 is 2.43 bits per heavy atom. The van der Waals surface area contributed by atoms with Crippen LogP contribution in [0.15, 0.2) is 48.7 Å². The van der Waals surface area contributed by atoms with Gasteiger partial charge in [0.25, 0.3) is 0 Å². The molecule has 7 heteroatoms. The quantitative estimate of drug-likeness (QED) is 0.730. The summed E-state index contributed by atoms with van der Waals surface area (Å²) >= 11 is 0. The highest BCUT2D eigenvalue weighted by molar-refractivity contribution is 5.76. The lowest BCUT2D eigenvalue weighted by Gasteiger charge is -2.36. The summed E-state index contributed by atoms with van der Waals surface area (Å²) in [5.74, 6) is 1.19. The van der Waals surface area contributed by atoms with Gasteiger partial charge in [0, 0.05) is 71.3 Å². The number of para-hydroxylation sites is 1. The fourth-order valence-electron chi connectivity index (χ4n) is 4.10. The van der Waals surface area contributed by atoms with E-state index in [1.165, 1.54) is 6.07 Å². The Labute approximate surface area is 177 Å². The molecule has 0 atom stereocenters. The first-order chi connectivity index (χ1) is 14.7. The number of aromatic nitrogens is 1. The van der Waals surface area contributed by atoms with Crippen molar-refractivity contribution < 1.29 is 13.9 Å². The van der Waals surface area contributed by atoms with Crippen LogP contribution in [0.5, 0.6) is 5.75 Å². The van der Waals surface area contributed by atoms with Gasteiger partial charge in [-0.15, -0.1) is 0 Å². The molecule has 1 amide bonds. The number of pyridine rings is 1. The van der Waals surface area contributed by atoms with Crippen molar-refractivity contribution in [3.05, 3.63) is 54.5 Å². The molecule has 0 radical (unpaired) electrons. The second-order valence-corrected chi connectivity index (χ2v) is 7.90. The SMILES string of the molecule is O=C(CCN1CCN(c2ccccn2)CC1)N1CCC(Oc2ccccc2F)CC1. The van der Waals surface area contributed by atoms with Crippen LogP contribution < -0.4 is 9.64 Å². The Morgan fingerprint density at radius 1 is 1.00 bits per heavy atom. The van der Waals surface area contributed by atoms with Gasteiger partial charge in [0.2, 0.25) is 5.91 Å². The molecule has 160 valence electrons. The maximum atomic E-state index is 13.7. The Morgan fingerprint density at radius 2 is 1.73 bits per heavy atom. The summed E-state index contributed by atoms with van der Waals surface area (Å²) < 4.78 is 19.5. The molecule has 2 saturated heterocycles. The van der Waals surface area contributed by atoms with E-state index in [1.54, 1.807) is 18.2 Å². The number of halogens is 1. The van der Waals surface area contributed by atoms with Crippen LogP contribution >= 0.6 is 0 Å². The molecule has 0 aliphatic carbocycles. The molecule has 2 fully saturated rings. The van der Waals surface area contributed by atoms with Crippen molar-refractivity contribution in [3.8, 4) is 5.75 Å². The Kier molecular flexibility index (Phi) is 6.79. The van der Waals surface area contributed by atoms with Gasteiger partial charge in [0.05, 0.1) is 0 Å². The van der Waals surface area contributed by atoms with Gasteiger partial charge >= 0.3 is 0 Å². The number of carbonyl (C=O) groups is 1. The Balaban J connectivity index is 1.16. The lowest BCUT2D eigenvalue weighted by molar-refractivity contribution is -0.133. The predicted octanol–water partition coefficient (Wildman–Crippen LogP) is 2.80. The zero-order valence-electron chi connectivity index (χ0n) is 17.3. The molecule has 30 heavy (non-hydrogen) atoms. The zero-order chi connectivity index (χ0) is 20.8. The normalized spacial score (nSPS) is 18.4. The summed E-state index contributed by atoms with van der Waals surface area (Å²) in [6.45, 7) is 5.90. The van der Waals surface area contributed by atoms with E-state index in [9.17, 15) is 9.18 Å². The summed E-state index contributed by atoms with van der Waals surface area (Å²) in [5.41, 5.74) is 0. The monoisotopic (exact) mass is 412 g/mol. The number of hydrogen-bond acceptors (Lipinski definition) is 5. The van der Waals surface area contributed by atoms with Gasteiger partial charge in [-0.05, 0) is 24.3 Å². The van der Waals surface area contributed by atoms with E-state index in [0.717, 1.165) is 51.4 Å². The van der Waals surface area contributed by atoms with Gasteiger partial charge < -0.3 is 14.5 Å².